The summed E-state index contributed by atoms with van der Waals surface area (Å²) in [4.78, 5) is 30.1. The number of thiazole rings is 1. The second kappa shape index (κ2) is 21.2. The van der Waals surface area contributed by atoms with Crippen molar-refractivity contribution in [2.45, 2.75) is 27.7 Å². The van der Waals surface area contributed by atoms with E-state index in [0.717, 1.165) is 26.7 Å². The summed E-state index contributed by atoms with van der Waals surface area (Å²) in [5, 5.41) is 21.4. The molecule has 7 aromatic rings. The number of aliphatic hydroxyl groups is 2. The monoisotopic (exact) mass is 1060 g/mol. The van der Waals surface area contributed by atoms with Crippen molar-refractivity contribution in [1.82, 2.24) is 9.97 Å². The number of hydrogen-bond donors (Lipinski definition) is 2. The van der Waals surface area contributed by atoms with E-state index < -0.39 is 0 Å². The van der Waals surface area contributed by atoms with Gasteiger partial charge in [-0.2, -0.15) is 11.3 Å². The van der Waals surface area contributed by atoms with Crippen molar-refractivity contribution in [3.63, 3.8) is 0 Å². The van der Waals surface area contributed by atoms with Crippen molar-refractivity contribution in [3.8, 4) is 21.1 Å². The number of nitrogens with zero attached hydrogens (tertiary/aromatic N) is 2. The van der Waals surface area contributed by atoms with Crippen LogP contribution in [0.25, 0.3) is 52.2 Å². The zero-order valence-electron chi connectivity index (χ0n) is 27.6. The van der Waals surface area contributed by atoms with Gasteiger partial charge in [0.2, 0.25) is 0 Å². The maximum absolute atomic E-state index is 10.0. The number of carbonyl (C=O) groups excluding carboxylic acids is 2. The van der Waals surface area contributed by atoms with E-state index in [0.29, 0.717) is 0 Å². The fourth-order valence-corrected chi connectivity index (χ4v) is 6.28. The molecule has 6 nitrogen and oxygen atoms in total. The molecule has 0 spiro atoms. The SMILES string of the molecule is CC(=O)C=C(C)O.CC(=O)C=C(C)O.[Ir].[Ir].[c-]1c(-c2ccccn2)sc2ccccc12.[c-]1cc2ccccc2cc1-c1nc2ccccc2s1. The third kappa shape index (κ3) is 13.3. The summed E-state index contributed by atoms with van der Waals surface area (Å²) in [5.41, 5.74) is 3.13. The quantitative estimate of drug-likeness (QED) is 0.103. The van der Waals surface area contributed by atoms with Crippen molar-refractivity contribution < 1.29 is 60.0 Å². The average molecular weight is 1060 g/mol. The minimum absolute atomic E-state index is 0. The molecule has 260 valence electrons. The molecule has 0 aliphatic heterocycles. The predicted octanol–water partition coefficient (Wildman–Crippen LogP) is 10.7. The Morgan fingerprint density at radius 2 is 1.28 bits per heavy atom. The van der Waals surface area contributed by atoms with E-state index >= 15 is 0 Å². The van der Waals surface area contributed by atoms with Gasteiger partial charge >= 0.3 is 0 Å². The smallest absolute Gasteiger partial charge is 0.155 e. The summed E-state index contributed by atoms with van der Waals surface area (Å²) in [7, 11) is 0. The summed E-state index contributed by atoms with van der Waals surface area (Å²) >= 11 is 3.45. The van der Waals surface area contributed by atoms with Crippen LogP contribution >= 0.6 is 22.7 Å². The number of aromatic nitrogens is 2. The average Bonchev–Trinajstić information content (AvgIpc) is 3.70. The maximum atomic E-state index is 10.0. The van der Waals surface area contributed by atoms with E-state index in [1.165, 1.54) is 65.4 Å². The van der Waals surface area contributed by atoms with Crippen molar-refractivity contribution in [1.29, 1.82) is 0 Å². The molecule has 50 heavy (non-hydrogen) atoms. The van der Waals surface area contributed by atoms with Crippen LogP contribution in [0.5, 0.6) is 0 Å². The standard InChI is InChI=1S/C17H10NS.C13H8NS.2C5H8O2.2Ir/c1-2-6-13-11-14(10-9-12(13)5-1)17-18-15-7-3-4-8-16(15)19-17;1-2-7-12-10(5-1)9-13(15-12)11-6-3-4-8-14-11;2*1-4(6)3-5(2)7;;/h1-9,11H;1-8H;2*3,6H,1-2H3;;/q2*-1;;;;. The molecule has 4 aromatic carbocycles. The van der Waals surface area contributed by atoms with Gasteiger partial charge in [-0.1, -0.05) is 66.0 Å². The van der Waals surface area contributed by atoms with Gasteiger partial charge < -0.3 is 15.2 Å². The van der Waals surface area contributed by atoms with Crippen molar-refractivity contribution in [2.24, 2.45) is 0 Å². The molecule has 0 unspecified atom stereocenters. The van der Waals surface area contributed by atoms with E-state index in [2.05, 4.69) is 76.7 Å². The van der Waals surface area contributed by atoms with Crippen LogP contribution in [0.4, 0.5) is 0 Å². The maximum Gasteiger partial charge on any atom is 0.155 e. The number of para-hydroxylation sites is 1. The minimum atomic E-state index is -0.125. The summed E-state index contributed by atoms with van der Waals surface area (Å²) in [5.74, 6) is -0.125. The van der Waals surface area contributed by atoms with Crippen LogP contribution in [-0.2, 0) is 49.8 Å². The van der Waals surface area contributed by atoms with Gasteiger partial charge in [0.25, 0.3) is 0 Å². The minimum Gasteiger partial charge on any atom is -0.512 e. The second-order valence-corrected chi connectivity index (χ2v) is 12.6. The molecule has 0 amide bonds. The first-order valence-electron chi connectivity index (χ1n) is 14.9. The van der Waals surface area contributed by atoms with Crippen LogP contribution in [0.1, 0.15) is 27.7 Å². The Hall–Kier alpha value is -4.14. The molecule has 2 N–H and O–H groups in total. The molecule has 0 fully saturated rings. The molecule has 0 saturated carbocycles. The number of allylic oxidation sites excluding steroid dienone is 4. The molecular weight excluding hydrogens is 1020 g/mol. The van der Waals surface area contributed by atoms with Crippen LogP contribution in [-0.4, -0.2) is 31.7 Å². The molecule has 3 aromatic heterocycles. The Morgan fingerprint density at radius 3 is 1.84 bits per heavy atom. The van der Waals surface area contributed by atoms with Crippen molar-refractivity contribution >= 4 is 65.3 Å². The number of carbonyl (C=O) groups is 2. The Kier molecular flexibility index (Phi) is 17.8. The third-order valence-electron chi connectivity index (χ3n) is 6.27. The van der Waals surface area contributed by atoms with Crippen LogP contribution < -0.4 is 0 Å². The van der Waals surface area contributed by atoms with Crippen LogP contribution in [0.3, 0.4) is 0 Å². The first kappa shape index (κ1) is 42.0. The Labute approximate surface area is 327 Å². The van der Waals surface area contributed by atoms with Gasteiger partial charge in [-0.25, -0.2) is 11.3 Å². The van der Waals surface area contributed by atoms with E-state index in [9.17, 15) is 9.59 Å². The third-order valence-corrected chi connectivity index (χ3v) is 8.43. The molecule has 0 atom stereocenters. The van der Waals surface area contributed by atoms with E-state index in [1.807, 2.05) is 54.7 Å². The van der Waals surface area contributed by atoms with E-state index in [4.69, 9.17) is 10.2 Å². The first-order chi connectivity index (χ1) is 23.1. The summed E-state index contributed by atoms with van der Waals surface area (Å²) in [6.45, 7) is 5.70. The van der Waals surface area contributed by atoms with Gasteiger partial charge in [0.05, 0.1) is 17.0 Å². The van der Waals surface area contributed by atoms with Crippen molar-refractivity contribution in [2.75, 3.05) is 0 Å². The molecule has 0 aliphatic carbocycles. The van der Waals surface area contributed by atoms with E-state index in [-0.39, 0.29) is 63.3 Å². The zero-order chi connectivity index (χ0) is 34.5. The van der Waals surface area contributed by atoms with Crippen LogP contribution in [0.15, 0.2) is 133 Å². The van der Waals surface area contributed by atoms with Gasteiger partial charge in [0.1, 0.15) is 0 Å². The van der Waals surface area contributed by atoms with Gasteiger partial charge in [-0.15, -0.1) is 52.7 Å². The molecule has 7 rings (SSSR count). The number of benzene rings is 4. The Morgan fingerprint density at radius 1 is 0.700 bits per heavy atom. The molecule has 0 bridgehead atoms. The number of fused-ring (bicyclic) bond motifs is 3. The number of ketones is 2. The molecular formula is C40H34Ir2N2O4S2-2. The number of aliphatic hydroxyl groups excluding tert-OH is 2. The van der Waals surface area contributed by atoms with Gasteiger partial charge in [-0.05, 0) is 55.5 Å². The first-order valence-corrected chi connectivity index (χ1v) is 16.6. The van der Waals surface area contributed by atoms with Crippen LogP contribution in [0.2, 0.25) is 0 Å². The number of thiophene rings is 1. The fourth-order valence-electron chi connectivity index (χ4n) is 4.36. The largest absolute Gasteiger partial charge is 0.512 e. The molecule has 3 heterocycles. The molecule has 0 aliphatic rings. The van der Waals surface area contributed by atoms with Gasteiger partial charge in [-0.3, -0.25) is 14.6 Å². The van der Waals surface area contributed by atoms with Crippen LogP contribution in [0, 0.1) is 12.1 Å². The van der Waals surface area contributed by atoms with Gasteiger partial charge in [0.15, 0.2) is 11.6 Å². The molecule has 0 saturated heterocycles. The summed E-state index contributed by atoms with van der Waals surface area (Å²) in [6, 6.07) is 41.7. The predicted molar refractivity (Wildman–Crippen MR) is 199 cm³/mol. The molecule has 2 radical (unpaired) electrons. The normalized spacial score (nSPS) is 10.6. The number of pyridine rings is 1. The number of hydrogen-bond acceptors (Lipinski definition) is 8. The van der Waals surface area contributed by atoms with Crippen molar-refractivity contribution in [3.05, 3.63) is 145 Å². The Balaban J connectivity index is 0.000000251. The Bertz CT molecular complexity index is 2110. The van der Waals surface area contributed by atoms with Gasteiger partial charge in [0, 0.05) is 74.0 Å². The van der Waals surface area contributed by atoms with E-state index in [1.54, 1.807) is 22.7 Å². The summed E-state index contributed by atoms with van der Waals surface area (Å²) in [6.07, 6.45) is 4.15. The fraction of sp³-hybridized carbons (Fsp3) is 0.100. The summed E-state index contributed by atoms with van der Waals surface area (Å²) < 4.78 is 2.48. The molecule has 10 heteroatoms. The second-order valence-electron chi connectivity index (χ2n) is 10.5. The zero-order valence-corrected chi connectivity index (χ0v) is 34.1. The number of rotatable bonds is 4. The topological polar surface area (TPSA) is 100 Å².